The van der Waals surface area contributed by atoms with Crippen LogP contribution >= 0.6 is 0 Å². The SMILES string of the molecule is COc1cccc(C(N)CCCO)c1. The summed E-state index contributed by atoms with van der Waals surface area (Å²) in [5, 5.41) is 8.68. The fraction of sp³-hybridized carbons (Fsp3) is 0.455. The Balaban J connectivity index is 2.64. The number of methoxy groups -OCH3 is 1. The zero-order valence-electron chi connectivity index (χ0n) is 8.44. The number of aliphatic hydroxyl groups is 1. The predicted octanol–water partition coefficient (Wildman–Crippen LogP) is 1.47. The van der Waals surface area contributed by atoms with Gasteiger partial charge in [0.2, 0.25) is 0 Å². The highest BCUT2D eigenvalue weighted by Gasteiger charge is 2.05. The number of hydrogen-bond acceptors (Lipinski definition) is 3. The van der Waals surface area contributed by atoms with Crippen LogP contribution in [0.5, 0.6) is 5.75 Å². The topological polar surface area (TPSA) is 55.5 Å². The van der Waals surface area contributed by atoms with Crippen molar-refractivity contribution in [3.05, 3.63) is 29.8 Å². The Hall–Kier alpha value is -1.06. The van der Waals surface area contributed by atoms with Gasteiger partial charge in [0.15, 0.2) is 0 Å². The van der Waals surface area contributed by atoms with E-state index < -0.39 is 0 Å². The second kappa shape index (κ2) is 5.62. The number of benzene rings is 1. The van der Waals surface area contributed by atoms with Gasteiger partial charge in [-0.15, -0.1) is 0 Å². The zero-order valence-corrected chi connectivity index (χ0v) is 8.44. The normalized spacial score (nSPS) is 12.5. The van der Waals surface area contributed by atoms with E-state index in [1.807, 2.05) is 24.3 Å². The highest BCUT2D eigenvalue weighted by atomic mass is 16.5. The minimum atomic E-state index is -0.0164. The smallest absolute Gasteiger partial charge is 0.119 e. The Bertz CT molecular complexity index is 276. The lowest BCUT2D eigenvalue weighted by Gasteiger charge is -2.12. The molecule has 0 amide bonds. The first kappa shape index (κ1) is 11.0. The molecule has 1 unspecified atom stereocenters. The van der Waals surface area contributed by atoms with E-state index in [4.69, 9.17) is 15.6 Å². The Kier molecular flexibility index (Phi) is 4.43. The van der Waals surface area contributed by atoms with Crippen LogP contribution in [0.15, 0.2) is 24.3 Å². The molecule has 1 aromatic carbocycles. The molecule has 78 valence electrons. The predicted molar refractivity (Wildman–Crippen MR) is 56.2 cm³/mol. The van der Waals surface area contributed by atoms with Crippen LogP contribution in [0.1, 0.15) is 24.4 Å². The lowest BCUT2D eigenvalue weighted by molar-refractivity contribution is 0.280. The third-order valence-electron chi connectivity index (χ3n) is 2.20. The molecule has 0 spiro atoms. The van der Waals surface area contributed by atoms with Crippen molar-refractivity contribution in [1.29, 1.82) is 0 Å². The van der Waals surface area contributed by atoms with Gasteiger partial charge < -0.3 is 15.6 Å². The second-order valence-electron chi connectivity index (χ2n) is 3.25. The molecule has 0 heterocycles. The van der Waals surface area contributed by atoms with Gasteiger partial charge in [-0.3, -0.25) is 0 Å². The fourth-order valence-electron chi connectivity index (χ4n) is 1.35. The van der Waals surface area contributed by atoms with Crippen LogP contribution in [-0.2, 0) is 0 Å². The van der Waals surface area contributed by atoms with Crippen LogP contribution in [-0.4, -0.2) is 18.8 Å². The molecule has 0 aliphatic heterocycles. The van der Waals surface area contributed by atoms with Gasteiger partial charge in [-0.1, -0.05) is 12.1 Å². The monoisotopic (exact) mass is 195 g/mol. The molecule has 3 heteroatoms. The van der Waals surface area contributed by atoms with Gasteiger partial charge in [0.1, 0.15) is 5.75 Å². The molecule has 1 atom stereocenters. The summed E-state index contributed by atoms with van der Waals surface area (Å²) in [7, 11) is 1.64. The first-order valence-electron chi connectivity index (χ1n) is 4.78. The molecule has 0 fully saturated rings. The van der Waals surface area contributed by atoms with Crippen molar-refractivity contribution in [2.75, 3.05) is 13.7 Å². The van der Waals surface area contributed by atoms with Crippen molar-refractivity contribution >= 4 is 0 Å². The van der Waals surface area contributed by atoms with E-state index >= 15 is 0 Å². The van der Waals surface area contributed by atoms with Crippen molar-refractivity contribution in [3.8, 4) is 5.75 Å². The van der Waals surface area contributed by atoms with Crippen LogP contribution < -0.4 is 10.5 Å². The minimum absolute atomic E-state index is 0.0164. The maximum Gasteiger partial charge on any atom is 0.119 e. The van der Waals surface area contributed by atoms with Crippen LogP contribution in [0, 0.1) is 0 Å². The Morgan fingerprint density at radius 2 is 2.29 bits per heavy atom. The first-order chi connectivity index (χ1) is 6.77. The number of hydrogen-bond donors (Lipinski definition) is 2. The van der Waals surface area contributed by atoms with E-state index in [1.165, 1.54) is 0 Å². The van der Waals surface area contributed by atoms with Gasteiger partial charge in [0, 0.05) is 12.6 Å². The molecular weight excluding hydrogens is 178 g/mol. The molecule has 0 aromatic heterocycles. The van der Waals surface area contributed by atoms with E-state index in [9.17, 15) is 0 Å². The van der Waals surface area contributed by atoms with E-state index in [2.05, 4.69) is 0 Å². The van der Waals surface area contributed by atoms with E-state index in [0.29, 0.717) is 0 Å². The van der Waals surface area contributed by atoms with Crippen molar-refractivity contribution in [1.82, 2.24) is 0 Å². The van der Waals surface area contributed by atoms with Crippen molar-refractivity contribution in [3.63, 3.8) is 0 Å². The molecule has 14 heavy (non-hydrogen) atoms. The second-order valence-corrected chi connectivity index (χ2v) is 3.25. The summed E-state index contributed by atoms with van der Waals surface area (Å²) in [6.07, 6.45) is 1.53. The summed E-state index contributed by atoms with van der Waals surface area (Å²) in [5.41, 5.74) is 6.99. The molecule has 0 aliphatic carbocycles. The average Bonchev–Trinajstić information content (AvgIpc) is 2.26. The Morgan fingerprint density at radius 3 is 2.93 bits per heavy atom. The Labute approximate surface area is 84.5 Å². The molecule has 1 rings (SSSR count). The van der Waals surface area contributed by atoms with Gasteiger partial charge >= 0.3 is 0 Å². The number of rotatable bonds is 5. The molecule has 0 aliphatic rings. The van der Waals surface area contributed by atoms with E-state index in [1.54, 1.807) is 7.11 Å². The van der Waals surface area contributed by atoms with Gasteiger partial charge in [0.05, 0.1) is 7.11 Å². The summed E-state index contributed by atoms with van der Waals surface area (Å²) >= 11 is 0. The minimum Gasteiger partial charge on any atom is -0.497 e. The standard InChI is InChI=1S/C11H17NO2/c1-14-10-5-2-4-9(8-10)11(12)6-3-7-13/h2,4-5,8,11,13H,3,6-7,12H2,1H3. The van der Waals surface area contributed by atoms with E-state index in [0.717, 1.165) is 24.2 Å². The summed E-state index contributed by atoms with van der Waals surface area (Å²) in [4.78, 5) is 0. The maximum absolute atomic E-state index is 8.68. The lowest BCUT2D eigenvalue weighted by Crippen LogP contribution is -2.10. The molecule has 3 N–H and O–H groups in total. The van der Waals surface area contributed by atoms with Crippen molar-refractivity contribution in [2.24, 2.45) is 5.73 Å². The highest BCUT2D eigenvalue weighted by molar-refractivity contribution is 5.30. The molecule has 0 radical (unpaired) electrons. The molecule has 0 saturated carbocycles. The zero-order chi connectivity index (χ0) is 10.4. The largest absolute Gasteiger partial charge is 0.497 e. The van der Waals surface area contributed by atoms with Gasteiger partial charge in [-0.05, 0) is 30.5 Å². The van der Waals surface area contributed by atoms with Crippen LogP contribution in [0.4, 0.5) is 0 Å². The maximum atomic E-state index is 8.68. The third-order valence-corrected chi connectivity index (χ3v) is 2.20. The van der Waals surface area contributed by atoms with Crippen LogP contribution in [0.2, 0.25) is 0 Å². The lowest BCUT2D eigenvalue weighted by atomic mass is 10.0. The van der Waals surface area contributed by atoms with Crippen molar-refractivity contribution < 1.29 is 9.84 Å². The summed E-state index contributed by atoms with van der Waals surface area (Å²) < 4.78 is 5.10. The average molecular weight is 195 g/mol. The third kappa shape index (κ3) is 3.01. The number of ether oxygens (including phenoxy) is 1. The van der Waals surface area contributed by atoms with E-state index in [-0.39, 0.29) is 12.6 Å². The summed E-state index contributed by atoms with van der Waals surface area (Å²) in [6.45, 7) is 0.192. The quantitative estimate of drug-likeness (QED) is 0.748. The van der Waals surface area contributed by atoms with Gasteiger partial charge in [-0.25, -0.2) is 0 Å². The molecule has 0 saturated heterocycles. The van der Waals surface area contributed by atoms with Crippen molar-refractivity contribution in [2.45, 2.75) is 18.9 Å². The summed E-state index contributed by atoms with van der Waals surface area (Å²) in [5.74, 6) is 0.821. The number of nitrogens with two attached hydrogens (primary N) is 1. The first-order valence-corrected chi connectivity index (χ1v) is 4.78. The molecule has 3 nitrogen and oxygen atoms in total. The fourth-order valence-corrected chi connectivity index (χ4v) is 1.35. The Morgan fingerprint density at radius 1 is 1.50 bits per heavy atom. The molecule has 0 bridgehead atoms. The van der Waals surface area contributed by atoms with Crippen LogP contribution in [0.25, 0.3) is 0 Å². The summed E-state index contributed by atoms with van der Waals surface area (Å²) in [6, 6.07) is 7.71. The van der Waals surface area contributed by atoms with Gasteiger partial charge in [0.25, 0.3) is 0 Å². The molecule has 1 aromatic rings. The van der Waals surface area contributed by atoms with Crippen LogP contribution in [0.3, 0.4) is 0 Å². The van der Waals surface area contributed by atoms with Gasteiger partial charge in [-0.2, -0.15) is 0 Å². The highest BCUT2D eigenvalue weighted by Crippen LogP contribution is 2.20. The number of aliphatic hydroxyl groups excluding tert-OH is 1. The molecular formula is C11H17NO2.